The predicted molar refractivity (Wildman–Crippen MR) is 89.6 cm³/mol. The number of hydrogen-bond donors (Lipinski definition) is 1. The molecule has 21 heavy (non-hydrogen) atoms. The molecule has 4 unspecified atom stereocenters. The Kier molecular flexibility index (Phi) is 6.97. The van der Waals surface area contributed by atoms with Crippen LogP contribution in [0.2, 0.25) is 0 Å². The van der Waals surface area contributed by atoms with Gasteiger partial charge in [0.1, 0.15) is 0 Å². The molecule has 3 nitrogen and oxygen atoms in total. The van der Waals surface area contributed by atoms with E-state index < -0.39 is 0 Å². The molecule has 1 aliphatic carbocycles. The highest BCUT2D eigenvalue weighted by Crippen LogP contribution is 2.35. The Bertz CT molecular complexity index is 295. The van der Waals surface area contributed by atoms with Gasteiger partial charge in [0.05, 0.1) is 6.10 Å². The lowest BCUT2D eigenvalue weighted by molar-refractivity contribution is 0.0942. The van der Waals surface area contributed by atoms with E-state index in [4.69, 9.17) is 4.74 Å². The average molecular weight is 296 g/mol. The molecule has 2 rings (SSSR count). The van der Waals surface area contributed by atoms with Gasteiger partial charge in [-0.05, 0) is 56.4 Å². The van der Waals surface area contributed by atoms with Crippen LogP contribution >= 0.6 is 0 Å². The van der Waals surface area contributed by atoms with Crippen molar-refractivity contribution in [2.75, 3.05) is 33.3 Å². The number of ether oxygens (including phenoxy) is 1. The van der Waals surface area contributed by atoms with Crippen LogP contribution < -0.4 is 5.32 Å². The Morgan fingerprint density at radius 1 is 1.24 bits per heavy atom. The lowest BCUT2D eigenvalue weighted by Crippen LogP contribution is -2.46. The van der Waals surface area contributed by atoms with Crippen LogP contribution in [0.5, 0.6) is 0 Å². The maximum Gasteiger partial charge on any atom is 0.0710 e. The Morgan fingerprint density at radius 2 is 2.05 bits per heavy atom. The Hall–Kier alpha value is -0.120. The van der Waals surface area contributed by atoms with Crippen LogP contribution in [-0.4, -0.2) is 50.3 Å². The second-order valence-electron chi connectivity index (χ2n) is 7.54. The molecule has 1 heterocycles. The third kappa shape index (κ3) is 4.94. The average Bonchev–Trinajstić information content (AvgIpc) is 2.93. The molecule has 1 aliphatic heterocycles. The fraction of sp³-hybridized carbons (Fsp3) is 1.00. The number of methoxy groups -OCH3 is 1. The SMILES string of the molecule is CCCNC1CCC(C(C)C)CC1CN1CCC(OC)C1. The molecule has 0 amide bonds. The largest absolute Gasteiger partial charge is 0.380 e. The molecule has 124 valence electrons. The number of hydrogen-bond acceptors (Lipinski definition) is 3. The van der Waals surface area contributed by atoms with Gasteiger partial charge in [-0.1, -0.05) is 20.8 Å². The van der Waals surface area contributed by atoms with Gasteiger partial charge in [0.2, 0.25) is 0 Å². The zero-order chi connectivity index (χ0) is 15.2. The van der Waals surface area contributed by atoms with Gasteiger partial charge >= 0.3 is 0 Å². The molecule has 0 spiro atoms. The molecule has 1 N–H and O–H groups in total. The van der Waals surface area contributed by atoms with Gasteiger partial charge in [0.25, 0.3) is 0 Å². The molecule has 0 aromatic heterocycles. The summed E-state index contributed by atoms with van der Waals surface area (Å²) in [7, 11) is 1.86. The summed E-state index contributed by atoms with van der Waals surface area (Å²) < 4.78 is 5.52. The monoisotopic (exact) mass is 296 g/mol. The minimum Gasteiger partial charge on any atom is -0.380 e. The fourth-order valence-corrected chi connectivity index (χ4v) is 4.19. The smallest absolute Gasteiger partial charge is 0.0710 e. The highest BCUT2D eigenvalue weighted by Gasteiger charge is 2.34. The van der Waals surface area contributed by atoms with Gasteiger partial charge in [-0.2, -0.15) is 0 Å². The maximum atomic E-state index is 5.52. The van der Waals surface area contributed by atoms with Crippen molar-refractivity contribution in [1.82, 2.24) is 10.2 Å². The first-order valence-electron chi connectivity index (χ1n) is 9.12. The highest BCUT2D eigenvalue weighted by molar-refractivity contribution is 4.89. The summed E-state index contributed by atoms with van der Waals surface area (Å²) in [5.41, 5.74) is 0. The summed E-state index contributed by atoms with van der Waals surface area (Å²) in [6.07, 6.45) is 7.12. The molecule has 0 aromatic carbocycles. The van der Waals surface area contributed by atoms with Gasteiger partial charge < -0.3 is 15.0 Å². The lowest BCUT2D eigenvalue weighted by Gasteiger charge is -2.40. The van der Waals surface area contributed by atoms with E-state index in [1.165, 1.54) is 51.7 Å². The summed E-state index contributed by atoms with van der Waals surface area (Å²) in [6.45, 7) is 11.9. The quantitative estimate of drug-likeness (QED) is 0.781. The van der Waals surface area contributed by atoms with Gasteiger partial charge in [0, 0.05) is 32.8 Å². The van der Waals surface area contributed by atoms with E-state index >= 15 is 0 Å². The van der Waals surface area contributed by atoms with Crippen molar-refractivity contribution < 1.29 is 4.74 Å². The van der Waals surface area contributed by atoms with Crippen molar-refractivity contribution in [1.29, 1.82) is 0 Å². The second-order valence-corrected chi connectivity index (χ2v) is 7.54. The van der Waals surface area contributed by atoms with Crippen LogP contribution in [0.15, 0.2) is 0 Å². The first-order valence-corrected chi connectivity index (χ1v) is 9.12. The Balaban J connectivity index is 1.89. The van der Waals surface area contributed by atoms with Crippen LogP contribution in [-0.2, 0) is 4.74 Å². The highest BCUT2D eigenvalue weighted by atomic mass is 16.5. The number of nitrogens with zero attached hydrogens (tertiary/aromatic N) is 1. The summed E-state index contributed by atoms with van der Waals surface area (Å²) in [6, 6.07) is 0.738. The summed E-state index contributed by atoms with van der Waals surface area (Å²) in [4.78, 5) is 2.64. The summed E-state index contributed by atoms with van der Waals surface area (Å²) in [5, 5.41) is 3.82. The van der Waals surface area contributed by atoms with E-state index in [-0.39, 0.29) is 0 Å². The molecular formula is C18H36N2O. The number of rotatable bonds is 7. The predicted octanol–water partition coefficient (Wildman–Crippen LogP) is 3.15. The molecule has 1 saturated carbocycles. The van der Waals surface area contributed by atoms with E-state index in [9.17, 15) is 0 Å². The molecule has 0 aromatic rings. The molecule has 2 aliphatic rings. The van der Waals surface area contributed by atoms with E-state index in [0.29, 0.717) is 6.10 Å². The van der Waals surface area contributed by atoms with E-state index in [1.54, 1.807) is 0 Å². The van der Waals surface area contributed by atoms with Gasteiger partial charge in [-0.15, -0.1) is 0 Å². The molecular weight excluding hydrogens is 260 g/mol. The van der Waals surface area contributed by atoms with Crippen LogP contribution in [0.25, 0.3) is 0 Å². The first kappa shape index (κ1) is 17.2. The standard InChI is InChI=1S/C18H36N2O/c1-5-9-19-18-7-6-15(14(2)3)11-16(18)12-20-10-8-17(13-20)21-4/h14-19H,5-13H2,1-4H3. The van der Waals surface area contributed by atoms with Crippen LogP contribution in [0, 0.1) is 17.8 Å². The van der Waals surface area contributed by atoms with E-state index in [0.717, 1.165) is 30.3 Å². The molecule has 3 heteroatoms. The number of likely N-dealkylation sites (tertiary alicyclic amines) is 1. The van der Waals surface area contributed by atoms with Gasteiger partial charge in [0.15, 0.2) is 0 Å². The zero-order valence-corrected chi connectivity index (χ0v) is 14.6. The third-order valence-corrected chi connectivity index (χ3v) is 5.68. The lowest BCUT2D eigenvalue weighted by atomic mass is 9.73. The molecule has 0 radical (unpaired) electrons. The van der Waals surface area contributed by atoms with Crippen molar-refractivity contribution in [3.05, 3.63) is 0 Å². The van der Waals surface area contributed by atoms with Gasteiger partial charge in [-0.3, -0.25) is 0 Å². The Morgan fingerprint density at radius 3 is 2.67 bits per heavy atom. The normalized spacial score (nSPS) is 34.7. The maximum absolute atomic E-state index is 5.52. The van der Waals surface area contributed by atoms with Crippen LogP contribution in [0.4, 0.5) is 0 Å². The van der Waals surface area contributed by atoms with Gasteiger partial charge in [-0.25, -0.2) is 0 Å². The Labute approximate surface area is 131 Å². The molecule has 4 atom stereocenters. The first-order chi connectivity index (χ1) is 10.1. The van der Waals surface area contributed by atoms with Crippen molar-refractivity contribution in [3.63, 3.8) is 0 Å². The zero-order valence-electron chi connectivity index (χ0n) is 14.6. The molecule has 0 bridgehead atoms. The fourth-order valence-electron chi connectivity index (χ4n) is 4.19. The van der Waals surface area contributed by atoms with Crippen molar-refractivity contribution in [2.24, 2.45) is 17.8 Å². The topological polar surface area (TPSA) is 24.5 Å². The minimum atomic E-state index is 0.469. The second kappa shape index (κ2) is 8.50. The van der Waals surface area contributed by atoms with Crippen molar-refractivity contribution in [2.45, 2.75) is 65.0 Å². The van der Waals surface area contributed by atoms with Crippen LogP contribution in [0.1, 0.15) is 52.9 Å². The van der Waals surface area contributed by atoms with Crippen molar-refractivity contribution in [3.8, 4) is 0 Å². The van der Waals surface area contributed by atoms with E-state index in [2.05, 4.69) is 31.0 Å². The summed E-state index contributed by atoms with van der Waals surface area (Å²) >= 11 is 0. The minimum absolute atomic E-state index is 0.469. The molecule has 2 fully saturated rings. The number of nitrogens with one attached hydrogen (secondary N) is 1. The summed E-state index contributed by atoms with van der Waals surface area (Å²) in [5.74, 6) is 2.59. The van der Waals surface area contributed by atoms with Crippen molar-refractivity contribution >= 4 is 0 Å². The van der Waals surface area contributed by atoms with E-state index in [1.807, 2.05) is 7.11 Å². The molecule has 1 saturated heterocycles. The third-order valence-electron chi connectivity index (χ3n) is 5.68. The van der Waals surface area contributed by atoms with Crippen LogP contribution in [0.3, 0.4) is 0 Å².